The van der Waals surface area contributed by atoms with Gasteiger partial charge in [-0.3, -0.25) is 4.99 Å². The standard InChI is InChI=1S/C5H6BN/c1-3-5(6)4-7-2/h3-4H,1-2H2/b5-4+. The van der Waals surface area contributed by atoms with Crippen molar-refractivity contribution in [3.05, 3.63) is 24.3 Å². The Hall–Kier alpha value is -0.785. The molecule has 0 aromatic rings. The van der Waals surface area contributed by atoms with Crippen molar-refractivity contribution in [2.75, 3.05) is 0 Å². The first-order chi connectivity index (χ1) is 3.31. The highest BCUT2D eigenvalue weighted by atomic mass is 14.6. The van der Waals surface area contributed by atoms with Gasteiger partial charge in [0.05, 0.1) is 0 Å². The van der Waals surface area contributed by atoms with Crippen molar-refractivity contribution in [3.63, 3.8) is 0 Å². The molecule has 0 saturated carbocycles. The summed E-state index contributed by atoms with van der Waals surface area (Å²) in [4.78, 5) is 3.40. The average Bonchev–Trinajstić information content (AvgIpc) is 1.68. The fourth-order valence-electron chi connectivity index (χ4n) is 0.158. The van der Waals surface area contributed by atoms with Crippen molar-refractivity contribution in [2.45, 2.75) is 0 Å². The van der Waals surface area contributed by atoms with E-state index in [0.29, 0.717) is 5.47 Å². The average molecular weight is 90.9 g/mol. The molecule has 0 rings (SSSR count). The van der Waals surface area contributed by atoms with Crippen molar-refractivity contribution in [1.82, 2.24) is 0 Å². The van der Waals surface area contributed by atoms with Crippen LogP contribution in [0.3, 0.4) is 0 Å². The quantitative estimate of drug-likeness (QED) is 0.271. The Labute approximate surface area is 44.9 Å². The van der Waals surface area contributed by atoms with Crippen LogP contribution in [0.1, 0.15) is 0 Å². The number of allylic oxidation sites excluding steroid dienone is 2. The monoisotopic (exact) mass is 91.1 g/mol. The van der Waals surface area contributed by atoms with Gasteiger partial charge in [0.2, 0.25) is 0 Å². The highest BCUT2D eigenvalue weighted by Gasteiger charge is 1.69. The smallest absolute Gasteiger partial charge is 0.115 e. The van der Waals surface area contributed by atoms with Gasteiger partial charge >= 0.3 is 0 Å². The molecular formula is C5H6BN. The van der Waals surface area contributed by atoms with Gasteiger partial charge in [0.15, 0.2) is 0 Å². The molecule has 0 aliphatic heterocycles. The molecule has 0 amide bonds. The minimum atomic E-state index is 0.537. The highest BCUT2D eigenvalue weighted by molar-refractivity contribution is 6.23. The number of rotatable bonds is 2. The van der Waals surface area contributed by atoms with Gasteiger partial charge < -0.3 is 0 Å². The predicted molar refractivity (Wildman–Crippen MR) is 33.6 cm³/mol. The molecule has 0 bridgehead atoms. The maximum absolute atomic E-state index is 5.19. The summed E-state index contributed by atoms with van der Waals surface area (Å²) in [7, 11) is 5.19. The van der Waals surface area contributed by atoms with Crippen molar-refractivity contribution >= 4 is 14.6 Å². The first-order valence-corrected chi connectivity index (χ1v) is 1.85. The molecule has 2 heteroatoms. The number of hydrogen-bond acceptors (Lipinski definition) is 1. The molecule has 2 radical (unpaired) electrons. The fourth-order valence-corrected chi connectivity index (χ4v) is 0.158. The van der Waals surface area contributed by atoms with Gasteiger partial charge in [-0.2, -0.15) is 0 Å². The lowest BCUT2D eigenvalue weighted by Gasteiger charge is -1.80. The van der Waals surface area contributed by atoms with Crippen LogP contribution in [0.2, 0.25) is 0 Å². The zero-order valence-corrected chi connectivity index (χ0v) is 4.09. The Morgan fingerprint density at radius 2 is 2.29 bits per heavy atom. The molecule has 0 aliphatic rings. The summed E-state index contributed by atoms with van der Waals surface area (Å²) in [6.45, 7) is 6.59. The topological polar surface area (TPSA) is 12.4 Å². The van der Waals surface area contributed by atoms with Crippen LogP contribution >= 0.6 is 0 Å². The molecule has 0 saturated heterocycles. The molecule has 0 unspecified atom stereocenters. The molecule has 7 heavy (non-hydrogen) atoms. The van der Waals surface area contributed by atoms with Crippen LogP contribution in [-0.4, -0.2) is 14.6 Å². The molecular weight excluding hydrogens is 84.9 g/mol. The number of aliphatic imine (C=N–C) groups is 1. The van der Waals surface area contributed by atoms with E-state index in [2.05, 4.69) is 18.3 Å². The molecule has 0 fully saturated rings. The summed E-state index contributed by atoms with van der Waals surface area (Å²) in [5.74, 6) is 0. The van der Waals surface area contributed by atoms with Crippen molar-refractivity contribution in [1.29, 1.82) is 0 Å². The predicted octanol–water partition coefficient (Wildman–Crippen LogP) is 0.883. The first kappa shape index (κ1) is 6.21. The van der Waals surface area contributed by atoms with Gasteiger partial charge in [-0.1, -0.05) is 18.1 Å². The SMILES string of the molecule is [B]/C(C=C)=C/N=C. The highest BCUT2D eigenvalue weighted by Crippen LogP contribution is 1.84. The van der Waals surface area contributed by atoms with E-state index >= 15 is 0 Å². The van der Waals surface area contributed by atoms with Crippen LogP contribution in [0.25, 0.3) is 0 Å². The summed E-state index contributed by atoms with van der Waals surface area (Å²) in [5, 5.41) is 0. The van der Waals surface area contributed by atoms with Crippen LogP contribution in [0.5, 0.6) is 0 Å². The lowest BCUT2D eigenvalue weighted by molar-refractivity contribution is 1.59. The molecule has 0 aromatic heterocycles. The Morgan fingerprint density at radius 1 is 1.71 bits per heavy atom. The second-order valence-corrected chi connectivity index (χ2v) is 1.02. The maximum atomic E-state index is 5.19. The molecule has 0 aliphatic carbocycles. The van der Waals surface area contributed by atoms with E-state index in [0.717, 1.165) is 0 Å². The lowest BCUT2D eigenvalue weighted by Crippen LogP contribution is -1.68. The fraction of sp³-hybridized carbons (Fsp3) is 0. The normalized spacial score (nSPS) is 10.6. The molecule has 0 spiro atoms. The minimum Gasteiger partial charge on any atom is -0.273 e. The van der Waals surface area contributed by atoms with Gasteiger partial charge in [0.25, 0.3) is 0 Å². The Kier molecular flexibility index (Phi) is 3.02. The third-order valence-electron chi connectivity index (χ3n) is 0.476. The number of hydrogen-bond donors (Lipinski definition) is 0. The third-order valence-corrected chi connectivity index (χ3v) is 0.476. The summed E-state index contributed by atoms with van der Waals surface area (Å²) in [6.07, 6.45) is 2.95. The van der Waals surface area contributed by atoms with Gasteiger partial charge in [-0.15, -0.1) is 0 Å². The zero-order chi connectivity index (χ0) is 5.70. The van der Waals surface area contributed by atoms with Crippen molar-refractivity contribution in [2.24, 2.45) is 4.99 Å². The third kappa shape index (κ3) is 3.03. The summed E-state index contributed by atoms with van der Waals surface area (Å²) in [6, 6.07) is 0. The molecule has 0 N–H and O–H groups in total. The van der Waals surface area contributed by atoms with Gasteiger partial charge in [-0.05, 0) is 6.72 Å². The van der Waals surface area contributed by atoms with E-state index in [1.54, 1.807) is 0 Å². The maximum Gasteiger partial charge on any atom is 0.115 e. The largest absolute Gasteiger partial charge is 0.273 e. The minimum absolute atomic E-state index is 0.537. The van der Waals surface area contributed by atoms with Gasteiger partial charge in [0, 0.05) is 6.20 Å². The van der Waals surface area contributed by atoms with E-state index < -0.39 is 0 Å². The first-order valence-electron chi connectivity index (χ1n) is 1.85. The van der Waals surface area contributed by atoms with E-state index in [-0.39, 0.29) is 0 Å². The summed E-state index contributed by atoms with van der Waals surface area (Å²) in [5.41, 5.74) is 0.537. The zero-order valence-electron chi connectivity index (χ0n) is 4.09. The van der Waals surface area contributed by atoms with Crippen LogP contribution in [0.4, 0.5) is 0 Å². The molecule has 0 heterocycles. The molecule has 0 aromatic carbocycles. The van der Waals surface area contributed by atoms with Crippen molar-refractivity contribution < 1.29 is 0 Å². The Balaban J connectivity index is 3.72. The Morgan fingerprint density at radius 3 is 2.43 bits per heavy atom. The van der Waals surface area contributed by atoms with Crippen LogP contribution in [-0.2, 0) is 0 Å². The van der Waals surface area contributed by atoms with E-state index in [4.69, 9.17) is 7.85 Å². The van der Waals surface area contributed by atoms with Crippen LogP contribution < -0.4 is 0 Å². The number of nitrogens with zero attached hydrogens (tertiary/aromatic N) is 1. The van der Waals surface area contributed by atoms with Gasteiger partial charge in [0.1, 0.15) is 7.85 Å². The second kappa shape index (κ2) is 3.41. The second-order valence-electron chi connectivity index (χ2n) is 1.02. The van der Waals surface area contributed by atoms with Crippen molar-refractivity contribution in [3.8, 4) is 0 Å². The van der Waals surface area contributed by atoms with Crippen LogP contribution in [0, 0.1) is 0 Å². The van der Waals surface area contributed by atoms with E-state index in [1.807, 2.05) is 0 Å². The molecule has 34 valence electrons. The van der Waals surface area contributed by atoms with Crippen LogP contribution in [0.15, 0.2) is 29.3 Å². The molecule has 0 atom stereocenters. The van der Waals surface area contributed by atoms with Gasteiger partial charge in [-0.25, -0.2) is 0 Å². The van der Waals surface area contributed by atoms with E-state index in [9.17, 15) is 0 Å². The summed E-state index contributed by atoms with van der Waals surface area (Å²) >= 11 is 0. The molecule has 1 nitrogen and oxygen atoms in total. The Bertz CT molecular complexity index is 105. The summed E-state index contributed by atoms with van der Waals surface area (Å²) < 4.78 is 0. The lowest BCUT2D eigenvalue weighted by atomic mass is 9.98. The van der Waals surface area contributed by atoms with E-state index in [1.165, 1.54) is 12.3 Å².